The average Bonchev–Trinajstić information content (AvgIpc) is 2.29. The molecule has 1 rings (SSSR count). The van der Waals surface area contributed by atoms with Crippen LogP contribution in [-0.2, 0) is 0 Å². The zero-order chi connectivity index (χ0) is 11.1. The molecule has 0 radical (unpaired) electrons. The fourth-order valence-corrected chi connectivity index (χ4v) is 1.23. The van der Waals surface area contributed by atoms with Crippen LogP contribution in [0.1, 0.15) is 22.3 Å². The normalized spacial score (nSPS) is 8.93. The molecule has 78 valence electrons. The van der Waals surface area contributed by atoms with Gasteiger partial charge in [0.15, 0.2) is 0 Å². The van der Waals surface area contributed by atoms with E-state index in [9.17, 15) is 4.79 Å². The summed E-state index contributed by atoms with van der Waals surface area (Å²) in [4.78, 5) is 11.2. The van der Waals surface area contributed by atoms with E-state index in [-0.39, 0.29) is 5.91 Å². The summed E-state index contributed by atoms with van der Waals surface area (Å²) in [5.74, 6) is 10.7. The predicted octanol–water partition coefficient (Wildman–Crippen LogP) is 1.43. The Hall–Kier alpha value is -1.31. The highest BCUT2D eigenvalue weighted by Gasteiger charge is 2.01. The topological polar surface area (TPSA) is 55.1 Å². The van der Waals surface area contributed by atoms with Crippen LogP contribution in [0.2, 0.25) is 0 Å². The van der Waals surface area contributed by atoms with Crippen molar-refractivity contribution in [3.05, 3.63) is 35.4 Å². The van der Waals surface area contributed by atoms with E-state index in [1.54, 1.807) is 18.2 Å². The second-order valence-electron chi connectivity index (χ2n) is 2.80. The number of benzene rings is 1. The third kappa shape index (κ3) is 3.74. The van der Waals surface area contributed by atoms with E-state index in [4.69, 9.17) is 5.84 Å². The molecule has 0 atom stereocenters. The molecule has 15 heavy (non-hydrogen) atoms. The van der Waals surface area contributed by atoms with E-state index < -0.39 is 0 Å². The van der Waals surface area contributed by atoms with Crippen LogP contribution in [-0.4, -0.2) is 11.2 Å². The van der Waals surface area contributed by atoms with Crippen LogP contribution in [0.3, 0.4) is 0 Å². The van der Waals surface area contributed by atoms with E-state index in [1.807, 2.05) is 6.07 Å². The van der Waals surface area contributed by atoms with Gasteiger partial charge >= 0.3 is 0 Å². The summed E-state index contributed by atoms with van der Waals surface area (Å²) in [7, 11) is 0. The van der Waals surface area contributed by atoms with Crippen molar-refractivity contribution in [1.29, 1.82) is 0 Å². The van der Waals surface area contributed by atoms with Crippen LogP contribution >= 0.6 is 15.9 Å². The van der Waals surface area contributed by atoms with Gasteiger partial charge in [-0.05, 0) is 18.2 Å². The van der Waals surface area contributed by atoms with Gasteiger partial charge in [0.2, 0.25) is 0 Å². The number of carbonyl (C=O) groups is 1. The number of alkyl halides is 1. The van der Waals surface area contributed by atoms with Gasteiger partial charge in [0.1, 0.15) is 0 Å². The van der Waals surface area contributed by atoms with Gasteiger partial charge in [-0.25, -0.2) is 5.84 Å². The number of hydrazine groups is 1. The summed E-state index contributed by atoms with van der Waals surface area (Å²) in [6.45, 7) is 0. The Morgan fingerprint density at radius 1 is 1.53 bits per heavy atom. The smallest absolute Gasteiger partial charge is 0.265 e. The molecule has 4 heteroatoms. The van der Waals surface area contributed by atoms with Gasteiger partial charge in [-0.3, -0.25) is 10.2 Å². The summed E-state index contributed by atoms with van der Waals surface area (Å²) < 4.78 is 0. The molecular formula is C11H11BrN2O. The van der Waals surface area contributed by atoms with Crippen LogP contribution in [0.5, 0.6) is 0 Å². The highest BCUT2D eigenvalue weighted by atomic mass is 79.9. The lowest BCUT2D eigenvalue weighted by molar-refractivity contribution is 0.0953. The Morgan fingerprint density at radius 3 is 3.00 bits per heavy atom. The first-order chi connectivity index (χ1) is 7.27. The minimum atomic E-state index is -0.306. The number of nitrogens with one attached hydrogen (secondary N) is 1. The first-order valence-corrected chi connectivity index (χ1v) is 5.56. The molecule has 0 spiro atoms. The van der Waals surface area contributed by atoms with Gasteiger partial charge in [0.25, 0.3) is 5.91 Å². The summed E-state index contributed by atoms with van der Waals surface area (Å²) >= 11 is 3.29. The Balaban J connectivity index is 2.84. The number of amides is 1. The van der Waals surface area contributed by atoms with Crippen molar-refractivity contribution < 1.29 is 4.79 Å². The van der Waals surface area contributed by atoms with Crippen molar-refractivity contribution in [2.75, 3.05) is 5.33 Å². The van der Waals surface area contributed by atoms with Crippen molar-refractivity contribution in [3.63, 3.8) is 0 Å². The summed E-state index contributed by atoms with van der Waals surface area (Å²) in [6.07, 6.45) is 0.785. The number of hydrogen-bond donors (Lipinski definition) is 2. The molecule has 1 aromatic rings. The van der Waals surface area contributed by atoms with E-state index in [0.29, 0.717) is 5.56 Å². The van der Waals surface area contributed by atoms with Crippen molar-refractivity contribution in [2.45, 2.75) is 6.42 Å². The summed E-state index contributed by atoms with van der Waals surface area (Å²) in [5, 5.41) is 0.850. The highest BCUT2D eigenvalue weighted by molar-refractivity contribution is 9.09. The zero-order valence-electron chi connectivity index (χ0n) is 8.09. The Kier molecular flexibility index (Phi) is 4.88. The van der Waals surface area contributed by atoms with Gasteiger partial charge in [-0.1, -0.05) is 33.8 Å². The van der Waals surface area contributed by atoms with Gasteiger partial charge in [0.05, 0.1) is 0 Å². The molecule has 0 fully saturated rings. The second kappa shape index (κ2) is 6.23. The fraction of sp³-hybridized carbons (Fsp3) is 0.182. The molecular weight excluding hydrogens is 256 g/mol. The maximum absolute atomic E-state index is 11.2. The fourth-order valence-electron chi connectivity index (χ4n) is 1.03. The van der Waals surface area contributed by atoms with Crippen molar-refractivity contribution >= 4 is 21.8 Å². The number of carbonyl (C=O) groups excluding carboxylic acids is 1. The Labute approximate surface area is 97.1 Å². The first-order valence-electron chi connectivity index (χ1n) is 4.43. The number of halogens is 1. The Morgan fingerprint density at radius 2 is 2.33 bits per heavy atom. The third-order valence-corrected chi connectivity index (χ3v) is 2.10. The molecule has 0 aliphatic carbocycles. The summed E-state index contributed by atoms with van der Waals surface area (Å²) in [5.41, 5.74) is 3.41. The molecule has 1 amide bonds. The lowest BCUT2D eigenvalue weighted by Crippen LogP contribution is -2.29. The molecule has 0 aliphatic heterocycles. The SMILES string of the molecule is NNC(=O)c1cccc(C#CCCBr)c1. The number of hydrogen-bond acceptors (Lipinski definition) is 2. The van der Waals surface area contributed by atoms with Crippen molar-refractivity contribution in [3.8, 4) is 11.8 Å². The van der Waals surface area contributed by atoms with E-state index in [0.717, 1.165) is 17.3 Å². The van der Waals surface area contributed by atoms with Crippen molar-refractivity contribution in [1.82, 2.24) is 5.43 Å². The van der Waals surface area contributed by atoms with Crippen molar-refractivity contribution in [2.24, 2.45) is 5.84 Å². The lowest BCUT2D eigenvalue weighted by atomic mass is 10.1. The molecule has 0 heterocycles. The number of rotatable bonds is 2. The monoisotopic (exact) mass is 266 g/mol. The van der Waals surface area contributed by atoms with E-state index >= 15 is 0 Å². The molecule has 0 saturated heterocycles. The van der Waals surface area contributed by atoms with Crippen LogP contribution in [0.4, 0.5) is 0 Å². The number of nitrogens with two attached hydrogens (primary N) is 1. The van der Waals surface area contributed by atoms with Gasteiger partial charge < -0.3 is 0 Å². The minimum Gasteiger partial charge on any atom is -0.290 e. The quantitative estimate of drug-likeness (QED) is 0.280. The first kappa shape index (κ1) is 11.8. The van der Waals surface area contributed by atoms with Gasteiger partial charge in [0, 0.05) is 22.9 Å². The van der Waals surface area contributed by atoms with Crippen LogP contribution in [0, 0.1) is 11.8 Å². The van der Waals surface area contributed by atoms with E-state index in [1.165, 1.54) is 0 Å². The van der Waals surface area contributed by atoms with Crippen LogP contribution in [0.15, 0.2) is 24.3 Å². The molecule has 0 bridgehead atoms. The molecule has 1 aromatic carbocycles. The molecule has 0 unspecified atom stereocenters. The Bertz CT molecular complexity index is 407. The molecule has 0 aliphatic rings. The molecule has 0 aromatic heterocycles. The molecule has 3 nitrogen and oxygen atoms in total. The zero-order valence-corrected chi connectivity index (χ0v) is 9.67. The lowest BCUT2D eigenvalue weighted by Gasteiger charge is -1.98. The van der Waals surface area contributed by atoms with Crippen LogP contribution < -0.4 is 11.3 Å². The molecule has 3 N–H and O–H groups in total. The standard InChI is InChI=1S/C11H11BrN2O/c12-7-2-1-4-9-5-3-6-10(8-9)11(15)14-13/h3,5-6,8H,2,7,13H2,(H,14,15). The summed E-state index contributed by atoms with van der Waals surface area (Å²) in [6, 6.07) is 7.04. The minimum absolute atomic E-state index is 0.306. The van der Waals surface area contributed by atoms with Gasteiger partial charge in [-0.2, -0.15) is 0 Å². The third-order valence-electron chi connectivity index (χ3n) is 1.71. The average molecular weight is 267 g/mol. The van der Waals surface area contributed by atoms with E-state index in [2.05, 4.69) is 33.2 Å². The van der Waals surface area contributed by atoms with Crippen LogP contribution in [0.25, 0.3) is 0 Å². The maximum Gasteiger partial charge on any atom is 0.265 e. The largest absolute Gasteiger partial charge is 0.290 e. The number of nitrogen functional groups attached to an aromatic ring is 1. The maximum atomic E-state index is 11.2. The highest BCUT2D eigenvalue weighted by Crippen LogP contribution is 2.03. The van der Waals surface area contributed by atoms with Gasteiger partial charge in [-0.15, -0.1) is 0 Å². The molecule has 0 saturated carbocycles. The predicted molar refractivity (Wildman–Crippen MR) is 63.4 cm³/mol. The second-order valence-corrected chi connectivity index (χ2v) is 3.59.